The third kappa shape index (κ3) is 5.80. The molecule has 4 rings (SSSR count). The van der Waals surface area contributed by atoms with E-state index in [2.05, 4.69) is 10.3 Å². The molecule has 0 spiro atoms. The molecule has 1 heterocycles. The molecular formula is C27H27N3O3S. The Morgan fingerprint density at radius 2 is 1.59 bits per heavy atom. The second-order valence-electron chi connectivity index (χ2n) is 7.74. The van der Waals surface area contributed by atoms with Gasteiger partial charge in [0.05, 0.1) is 25.6 Å². The minimum atomic E-state index is -0.0181. The van der Waals surface area contributed by atoms with Crippen molar-refractivity contribution in [1.82, 2.24) is 9.97 Å². The van der Waals surface area contributed by atoms with Crippen molar-refractivity contribution in [1.29, 1.82) is 0 Å². The van der Waals surface area contributed by atoms with Gasteiger partial charge in [-0.25, -0.2) is 4.98 Å². The summed E-state index contributed by atoms with van der Waals surface area (Å²) < 4.78 is 10.6. The topological polar surface area (TPSA) is 76.2 Å². The van der Waals surface area contributed by atoms with Crippen LogP contribution in [0.4, 0.5) is 5.69 Å². The second kappa shape index (κ2) is 10.9. The van der Waals surface area contributed by atoms with E-state index < -0.39 is 0 Å². The van der Waals surface area contributed by atoms with Gasteiger partial charge in [-0.2, -0.15) is 0 Å². The Hall–Kier alpha value is -3.71. The van der Waals surface area contributed by atoms with Crippen molar-refractivity contribution >= 4 is 23.4 Å². The molecule has 4 aromatic rings. The minimum absolute atomic E-state index is 0.0181. The molecule has 0 atom stereocenters. The Morgan fingerprint density at radius 3 is 2.21 bits per heavy atom. The first kappa shape index (κ1) is 23.4. The van der Waals surface area contributed by atoms with Crippen molar-refractivity contribution in [2.24, 2.45) is 0 Å². The summed E-state index contributed by atoms with van der Waals surface area (Å²) in [6.45, 7) is 2.00. The van der Waals surface area contributed by atoms with Crippen molar-refractivity contribution in [3.05, 3.63) is 78.4 Å². The van der Waals surface area contributed by atoms with Gasteiger partial charge < -0.3 is 19.8 Å². The highest BCUT2D eigenvalue weighted by Crippen LogP contribution is 2.34. The van der Waals surface area contributed by atoms with Crippen molar-refractivity contribution in [3.8, 4) is 34.0 Å². The summed E-state index contributed by atoms with van der Waals surface area (Å²) >= 11 is 1.53. The molecule has 0 aliphatic rings. The standard InChI is InChI=1S/C27H27N3O3S/c1-18-5-4-6-21(17-18)28-24(31)15-16-34-27-29-25(19-7-11-22(32-2)12-8-19)26(30-27)20-9-13-23(33-3)14-10-20/h4-14,17H,15-16H2,1-3H3,(H,28,31)(H,29,30). The van der Waals surface area contributed by atoms with Crippen molar-refractivity contribution in [2.75, 3.05) is 25.3 Å². The molecule has 0 bridgehead atoms. The van der Waals surface area contributed by atoms with Crippen LogP contribution in [-0.2, 0) is 4.79 Å². The molecule has 1 aromatic heterocycles. The summed E-state index contributed by atoms with van der Waals surface area (Å²) in [6.07, 6.45) is 0.384. The molecule has 0 aliphatic carbocycles. The predicted octanol–water partition coefficient (Wildman–Crippen LogP) is 6.19. The van der Waals surface area contributed by atoms with Crippen LogP contribution in [0.3, 0.4) is 0 Å². The van der Waals surface area contributed by atoms with E-state index in [4.69, 9.17) is 14.5 Å². The van der Waals surface area contributed by atoms with Gasteiger partial charge >= 0.3 is 0 Å². The third-order valence-electron chi connectivity index (χ3n) is 5.29. The number of H-pyrrole nitrogens is 1. The van der Waals surface area contributed by atoms with Crippen LogP contribution in [0.25, 0.3) is 22.5 Å². The monoisotopic (exact) mass is 473 g/mol. The average molecular weight is 474 g/mol. The number of hydrogen-bond acceptors (Lipinski definition) is 5. The van der Waals surface area contributed by atoms with Gasteiger partial charge in [0.25, 0.3) is 0 Å². The molecule has 0 fully saturated rings. The molecule has 6 nitrogen and oxygen atoms in total. The zero-order valence-electron chi connectivity index (χ0n) is 19.4. The molecule has 2 N–H and O–H groups in total. The van der Waals surface area contributed by atoms with Crippen molar-refractivity contribution in [2.45, 2.75) is 18.5 Å². The van der Waals surface area contributed by atoms with E-state index in [1.54, 1.807) is 14.2 Å². The molecule has 0 unspecified atom stereocenters. The highest BCUT2D eigenvalue weighted by Gasteiger charge is 2.15. The molecule has 34 heavy (non-hydrogen) atoms. The number of amides is 1. The fraction of sp³-hybridized carbons (Fsp3) is 0.185. The number of rotatable bonds is 9. The summed E-state index contributed by atoms with van der Waals surface area (Å²) in [5.74, 6) is 2.17. The van der Waals surface area contributed by atoms with Gasteiger partial charge in [0.1, 0.15) is 11.5 Å². The number of methoxy groups -OCH3 is 2. The number of anilines is 1. The summed E-state index contributed by atoms with van der Waals surface area (Å²) in [7, 11) is 3.30. The van der Waals surface area contributed by atoms with Gasteiger partial charge in [0.15, 0.2) is 5.16 Å². The van der Waals surface area contributed by atoms with E-state index >= 15 is 0 Å². The molecule has 0 saturated carbocycles. The van der Waals surface area contributed by atoms with Gasteiger partial charge in [-0.15, -0.1) is 0 Å². The SMILES string of the molecule is COc1ccc(-c2nc(SCCC(=O)Nc3cccc(C)c3)[nH]c2-c2ccc(OC)cc2)cc1. The number of benzene rings is 3. The third-order valence-corrected chi connectivity index (χ3v) is 6.17. The molecule has 0 aliphatic heterocycles. The Balaban J connectivity index is 1.50. The van der Waals surface area contributed by atoms with Crippen LogP contribution >= 0.6 is 11.8 Å². The van der Waals surface area contributed by atoms with E-state index in [1.807, 2.05) is 79.7 Å². The number of nitrogens with zero attached hydrogens (tertiary/aromatic N) is 1. The lowest BCUT2D eigenvalue weighted by molar-refractivity contribution is -0.115. The zero-order valence-corrected chi connectivity index (χ0v) is 20.2. The molecule has 7 heteroatoms. The van der Waals surface area contributed by atoms with Crippen LogP contribution in [0.2, 0.25) is 0 Å². The maximum absolute atomic E-state index is 12.4. The summed E-state index contributed by atoms with van der Waals surface area (Å²) in [6, 6.07) is 23.5. The Labute approximate surface area is 203 Å². The van der Waals surface area contributed by atoms with Crippen molar-refractivity contribution < 1.29 is 14.3 Å². The van der Waals surface area contributed by atoms with Crippen LogP contribution in [-0.4, -0.2) is 35.8 Å². The summed E-state index contributed by atoms with van der Waals surface area (Å²) in [4.78, 5) is 20.7. The van der Waals surface area contributed by atoms with Gasteiger partial charge in [-0.3, -0.25) is 4.79 Å². The number of imidazole rings is 1. The molecule has 0 radical (unpaired) electrons. The quantitative estimate of drug-likeness (QED) is 0.284. The van der Waals surface area contributed by atoms with E-state index in [0.717, 1.165) is 50.4 Å². The second-order valence-corrected chi connectivity index (χ2v) is 8.82. The number of aromatic amines is 1. The lowest BCUT2D eigenvalue weighted by Gasteiger charge is -2.06. The maximum Gasteiger partial charge on any atom is 0.225 e. The molecule has 3 aromatic carbocycles. The van der Waals surface area contributed by atoms with Crippen LogP contribution in [0, 0.1) is 6.92 Å². The number of nitrogens with one attached hydrogen (secondary N) is 2. The van der Waals surface area contributed by atoms with Crippen LogP contribution < -0.4 is 14.8 Å². The predicted molar refractivity (Wildman–Crippen MR) is 138 cm³/mol. The van der Waals surface area contributed by atoms with Crippen molar-refractivity contribution in [3.63, 3.8) is 0 Å². The Kier molecular flexibility index (Phi) is 7.54. The van der Waals surface area contributed by atoms with Gasteiger partial charge in [-0.05, 0) is 73.2 Å². The summed E-state index contributed by atoms with van der Waals surface area (Å²) in [5, 5.41) is 3.72. The average Bonchev–Trinajstić information content (AvgIpc) is 3.28. The molecule has 1 amide bonds. The smallest absolute Gasteiger partial charge is 0.225 e. The van der Waals surface area contributed by atoms with E-state index in [1.165, 1.54) is 11.8 Å². The number of hydrogen-bond donors (Lipinski definition) is 2. The fourth-order valence-electron chi connectivity index (χ4n) is 3.53. The zero-order chi connectivity index (χ0) is 23.9. The largest absolute Gasteiger partial charge is 0.497 e. The number of aromatic nitrogens is 2. The molecule has 0 saturated heterocycles. The Morgan fingerprint density at radius 1 is 0.941 bits per heavy atom. The molecule has 174 valence electrons. The van der Waals surface area contributed by atoms with Crippen LogP contribution in [0.5, 0.6) is 11.5 Å². The number of carbonyl (C=O) groups is 1. The van der Waals surface area contributed by atoms with Gasteiger partial charge in [0, 0.05) is 29.0 Å². The summed E-state index contributed by atoms with van der Waals surface area (Å²) in [5.41, 5.74) is 5.67. The first-order valence-corrected chi connectivity index (χ1v) is 11.9. The van der Waals surface area contributed by atoms with Crippen LogP contribution in [0.1, 0.15) is 12.0 Å². The van der Waals surface area contributed by atoms with E-state index in [9.17, 15) is 4.79 Å². The van der Waals surface area contributed by atoms with E-state index in [0.29, 0.717) is 12.2 Å². The van der Waals surface area contributed by atoms with E-state index in [-0.39, 0.29) is 5.91 Å². The fourth-order valence-corrected chi connectivity index (χ4v) is 4.34. The number of carbonyl (C=O) groups excluding carboxylic acids is 1. The number of thioether (sulfide) groups is 1. The number of ether oxygens (including phenoxy) is 2. The minimum Gasteiger partial charge on any atom is -0.497 e. The number of aryl methyl sites for hydroxylation is 1. The normalized spacial score (nSPS) is 10.7. The van der Waals surface area contributed by atoms with Crippen LogP contribution in [0.15, 0.2) is 78.0 Å². The lowest BCUT2D eigenvalue weighted by Crippen LogP contribution is -2.12. The lowest BCUT2D eigenvalue weighted by atomic mass is 10.0. The van der Waals surface area contributed by atoms with Gasteiger partial charge in [0.2, 0.25) is 5.91 Å². The highest BCUT2D eigenvalue weighted by atomic mass is 32.2. The van der Waals surface area contributed by atoms with Gasteiger partial charge in [-0.1, -0.05) is 23.9 Å². The first-order chi connectivity index (χ1) is 16.6. The Bertz CT molecular complexity index is 1190. The molecular weight excluding hydrogens is 446 g/mol. The maximum atomic E-state index is 12.4. The first-order valence-electron chi connectivity index (χ1n) is 10.9. The highest BCUT2D eigenvalue weighted by molar-refractivity contribution is 7.99.